The van der Waals surface area contributed by atoms with Gasteiger partial charge in [0, 0.05) is 24.3 Å². The van der Waals surface area contributed by atoms with E-state index in [1.807, 2.05) is 54.6 Å². The van der Waals surface area contributed by atoms with Crippen molar-refractivity contribution in [2.75, 3.05) is 48.6 Å². The summed E-state index contributed by atoms with van der Waals surface area (Å²) in [7, 11) is 0. The van der Waals surface area contributed by atoms with Crippen molar-refractivity contribution in [2.45, 2.75) is 13.3 Å². The average molecular weight is 434 g/mol. The second-order valence-corrected chi connectivity index (χ2v) is 7.13. The van der Waals surface area contributed by atoms with Gasteiger partial charge in [0.05, 0.1) is 26.0 Å². The van der Waals surface area contributed by atoms with Gasteiger partial charge < -0.3 is 19.7 Å². The Kier molecular flexibility index (Phi) is 7.43. The van der Waals surface area contributed by atoms with Crippen LogP contribution in [0.3, 0.4) is 0 Å². The zero-order valence-electron chi connectivity index (χ0n) is 18.1. The molecule has 32 heavy (non-hydrogen) atoms. The summed E-state index contributed by atoms with van der Waals surface area (Å²) in [6.45, 7) is 5.46. The van der Waals surface area contributed by atoms with Gasteiger partial charge in [-0.1, -0.05) is 37.3 Å². The minimum atomic E-state index is 0.350. The lowest BCUT2D eigenvalue weighted by atomic mass is 10.2. The number of aromatic nitrogens is 3. The Morgan fingerprint density at radius 3 is 2.56 bits per heavy atom. The van der Waals surface area contributed by atoms with Crippen LogP contribution >= 0.6 is 0 Å². The summed E-state index contributed by atoms with van der Waals surface area (Å²) in [5, 5.41) is 7.57. The van der Waals surface area contributed by atoms with E-state index in [1.165, 1.54) is 0 Å². The molecule has 0 atom stereocenters. The van der Waals surface area contributed by atoms with Crippen molar-refractivity contribution in [1.29, 1.82) is 0 Å². The predicted molar refractivity (Wildman–Crippen MR) is 126 cm³/mol. The van der Waals surface area contributed by atoms with E-state index >= 15 is 0 Å². The summed E-state index contributed by atoms with van der Waals surface area (Å²) in [4.78, 5) is 15.7. The van der Waals surface area contributed by atoms with E-state index in [2.05, 4.69) is 42.6 Å². The highest BCUT2D eigenvalue weighted by atomic mass is 16.5. The van der Waals surface area contributed by atoms with Crippen LogP contribution in [0.2, 0.25) is 0 Å². The molecule has 0 amide bonds. The molecule has 2 heterocycles. The molecular weight excluding hydrogens is 406 g/mol. The van der Waals surface area contributed by atoms with Crippen LogP contribution in [0, 0.1) is 0 Å². The fraction of sp³-hybridized carbons (Fsp3) is 0.304. The maximum Gasteiger partial charge on any atom is 0.250 e. The van der Waals surface area contributed by atoms with Crippen molar-refractivity contribution < 1.29 is 9.47 Å². The topological polar surface area (TPSA) is 96.8 Å². The number of morpholine rings is 1. The number of ether oxygens (including phenoxy) is 2. The standard InChI is InChI=1S/C23H27N7O2/c1-2-14-32-20-11-7-6-8-18(20)17-24-29-22-26-21(25-19-9-4-3-5-10-19)27-23(28-22)30-12-15-31-16-13-30/h3-11,17H,2,12-16H2,1H3,(H2,25,26,27,28,29)/b24-17-. The number of rotatable bonds is 9. The molecule has 1 saturated heterocycles. The number of nitrogens with zero attached hydrogens (tertiary/aromatic N) is 5. The summed E-state index contributed by atoms with van der Waals surface area (Å²) < 4.78 is 11.2. The third kappa shape index (κ3) is 5.92. The monoisotopic (exact) mass is 433 g/mol. The summed E-state index contributed by atoms with van der Waals surface area (Å²) in [6.07, 6.45) is 2.64. The molecule has 9 heteroatoms. The summed E-state index contributed by atoms with van der Waals surface area (Å²) in [5.74, 6) is 2.15. The lowest BCUT2D eigenvalue weighted by Crippen LogP contribution is -2.37. The fourth-order valence-electron chi connectivity index (χ4n) is 3.12. The van der Waals surface area contributed by atoms with Crippen LogP contribution in [0.5, 0.6) is 5.75 Å². The summed E-state index contributed by atoms with van der Waals surface area (Å²) in [6, 6.07) is 17.5. The number of para-hydroxylation sites is 2. The van der Waals surface area contributed by atoms with Crippen molar-refractivity contribution in [3.05, 3.63) is 60.2 Å². The van der Waals surface area contributed by atoms with E-state index < -0.39 is 0 Å². The maximum absolute atomic E-state index is 5.78. The molecule has 3 aromatic rings. The first kappa shape index (κ1) is 21.5. The van der Waals surface area contributed by atoms with Gasteiger partial charge in [-0.15, -0.1) is 0 Å². The molecule has 2 aromatic carbocycles. The molecule has 2 N–H and O–H groups in total. The van der Waals surface area contributed by atoms with Gasteiger partial charge in [0.1, 0.15) is 5.75 Å². The van der Waals surface area contributed by atoms with Gasteiger partial charge in [0.15, 0.2) is 0 Å². The first-order valence-corrected chi connectivity index (χ1v) is 10.7. The normalized spacial score (nSPS) is 13.8. The second-order valence-electron chi connectivity index (χ2n) is 7.13. The Labute approximate surface area is 187 Å². The Hall–Kier alpha value is -3.72. The SMILES string of the molecule is CCCOc1ccccc1/C=N\Nc1nc(Nc2ccccc2)nc(N2CCOCC2)n1. The van der Waals surface area contributed by atoms with Gasteiger partial charge in [-0.3, -0.25) is 0 Å². The van der Waals surface area contributed by atoms with Gasteiger partial charge in [-0.2, -0.15) is 20.1 Å². The van der Waals surface area contributed by atoms with Crippen molar-refractivity contribution in [1.82, 2.24) is 15.0 Å². The highest BCUT2D eigenvalue weighted by Crippen LogP contribution is 2.19. The number of hydrazone groups is 1. The number of benzene rings is 2. The highest BCUT2D eigenvalue weighted by Gasteiger charge is 2.16. The molecule has 9 nitrogen and oxygen atoms in total. The minimum Gasteiger partial charge on any atom is -0.493 e. The molecule has 0 aliphatic carbocycles. The van der Waals surface area contributed by atoms with Crippen molar-refractivity contribution in [3.63, 3.8) is 0 Å². The molecule has 1 aliphatic heterocycles. The Morgan fingerprint density at radius 1 is 1.00 bits per heavy atom. The van der Waals surface area contributed by atoms with Crippen LogP contribution in [0.1, 0.15) is 18.9 Å². The minimum absolute atomic E-state index is 0.350. The number of hydrogen-bond donors (Lipinski definition) is 2. The van der Waals surface area contributed by atoms with E-state index in [4.69, 9.17) is 9.47 Å². The van der Waals surface area contributed by atoms with Gasteiger partial charge in [-0.05, 0) is 30.7 Å². The molecule has 1 fully saturated rings. The van der Waals surface area contributed by atoms with Gasteiger partial charge in [0.25, 0.3) is 0 Å². The number of nitrogens with one attached hydrogen (secondary N) is 2. The van der Waals surface area contributed by atoms with E-state index in [1.54, 1.807) is 6.21 Å². The molecule has 0 saturated carbocycles. The maximum atomic E-state index is 5.78. The van der Waals surface area contributed by atoms with E-state index in [0.717, 1.165) is 36.5 Å². The van der Waals surface area contributed by atoms with Crippen LogP contribution < -0.4 is 20.4 Å². The van der Waals surface area contributed by atoms with Gasteiger partial charge >= 0.3 is 0 Å². The predicted octanol–water partition coefficient (Wildman–Crippen LogP) is 3.69. The molecule has 1 aliphatic rings. The van der Waals surface area contributed by atoms with Crippen molar-refractivity contribution in [2.24, 2.45) is 5.10 Å². The molecular formula is C23H27N7O2. The molecule has 0 radical (unpaired) electrons. The number of anilines is 4. The van der Waals surface area contributed by atoms with Crippen molar-refractivity contribution >= 4 is 29.7 Å². The lowest BCUT2D eigenvalue weighted by molar-refractivity contribution is 0.122. The van der Waals surface area contributed by atoms with E-state index in [0.29, 0.717) is 37.7 Å². The third-order valence-electron chi connectivity index (χ3n) is 4.70. The van der Waals surface area contributed by atoms with Gasteiger partial charge in [-0.25, -0.2) is 5.43 Å². The van der Waals surface area contributed by atoms with Crippen LogP contribution in [-0.2, 0) is 4.74 Å². The highest BCUT2D eigenvalue weighted by molar-refractivity contribution is 5.83. The smallest absolute Gasteiger partial charge is 0.250 e. The summed E-state index contributed by atoms with van der Waals surface area (Å²) >= 11 is 0. The molecule has 0 bridgehead atoms. The van der Waals surface area contributed by atoms with Gasteiger partial charge in [0.2, 0.25) is 17.8 Å². The Balaban J connectivity index is 1.54. The third-order valence-corrected chi connectivity index (χ3v) is 4.70. The molecule has 4 rings (SSSR count). The molecule has 0 spiro atoms. The van der Waals surface area contributed by atoms with Crippen LogP contribution in [0.25, 0.3) is 0 Å². The fourth-order valence-corrected chi connectivity index (χ4v) is 3.12. The largest absolute Gasteiger partial charge is 0.493 e. The Bertz CT molecular complexity index is 1020. The van der Waals surface area contributed by atoms with Crippen LogP contribution in [0.15, 0.2) is 59.7 Å². The molecule has 166 valence electrons. The summed E-state index contributed by atoms with van der Waals surface area (Å²) in [5.41, 5.74) is 4.70. The van der Waals surface area contributed by atoms with E-state index in [9.17, 15) is 0 Å². The zero-order chi connectivity index (χ0) is 22.0. The average Bonchev–Trinajstić information content (AvgIpc) is 2.84. The first-order valence-electron chi connectivity index (χ1n) is 10.7. The quantitative estimate of drug-likeness (QED) is 0.390. The van der Waals surface area contributed by atoms with Crippen LogP contribution in [-0.4, -0.2) is 54.1 Å². The van der Waals surface area contributed by atoms with Crippen molar-refractivity contribution in [3.8, 4) is 5.75 Å². The molecule has 0 unspecified atom stereocenters. The number of hydrogen-bond acceptors (Lipinski definition) is 9. The Morgan fingerprint density at radius 2 is 1.75 bits per heavy atom. The van der Waals surface area contributed by atoms with E-state index in [-0.39, 0.29) is 0 Å². The lowest BCUT2D eigenvalue weighted by Gasteiger charge is -2.27. The molecule has 1 aromatic heterocycles. The first-order chi connectivity index (χ1) is 15.8. The second kappa shape index (κ2) is 11.1. The van der Waals surface area contributed by atoms with Crippen LogP contribution in [0.4, 0.5) is 23.5 Å². The zero-order valence-corrected chi connectivity index (χ0v) is 18.1.